The second-order valence-corrected chi connectivity index (χ2v) is 4.72. The summed E-state index contributed by atoms with van der Waals surface area (Å²) in [5, 5.41) is 12.1. The van der Waals surface area contributed by atoms with E-state index in [9.17, 15) is 14.7 Å². The van der Waals surface area contributed by atoms with Crippen LogP contribution in [0.4, 0.5) is 5.69 Å². The van der Waals surface area contributed by atoms with E-state index < -0.39 is 17.3 Å². The summed E-state index contributed by atoms with van der Waals surface area (Å²) >= 11 is 0. The van der Waals surface area contributed by atoms with Crippen LogP contribution >= 0.6 is 0 Å². The van der Waals surface area contributed by atoms with Crippen molar-refractivity contribution in [3.63, 3.8) is 0 Å². The van der Waals surface area contributed by atoms with Crippen molar-refractivity contribution in [1.29, 1.82) is 0 Å². The first-order chi connectivity index (χ1) is 7.98. The molecule has 2 N–H and O–H groups in total. The Morgan fingerprint density at radius 3 is 2.65 bits per heavy atom. The highest BCUT2D eigenvalue weighted by atomic mass is 16.4. The summed E-state index contributed by atoms with van der Waals surface area (Å²) in [6.07, 6.45) is 0.252. The molecule has 4 heteroatoms. The van der Waals surface area contributed by atoms with E-state index in [0.717, 1.165) is 11.3 Å². The fourth-order valence-corrected chi connectivity index (χ4v) is 2.30. The molecule has 0 bridgehead atoms. The fraction of sp³-hybridized carbons (Fsp3) is 0.385. The number of hydrogen-bond acceptors (Lipinski definition) is 2. The number of anilines is 1. The summed E-state index contributed by atoms with van der Waals surface area (Å²) in [7, 11) is 0. The number of amides is 1. The molecule has 4 nitrogen and oxygen atoms in total. The molecule has 1 atom stereocenters. The molecule has 1 heterocycles. The van der Waals surface area contributed by atoms with Gasteiger partial charge in [0.25, 0.3) is 0 Å². The Morgan fingerprint density at radius 1 is 1.41 bits per heavy atom. The number of rotatable bonds is 2. The molecule has 1 amide bonds. The van der Waals surface area contributed by atoms with Gasteiger partial charge >= 0.3 is 5.97 Å². The zero-order valence-electron chi connectivity index (χ0n) is 9.86. The van der Waals surface area contributed by atoms with E-state index in [0.29, 0.717) is 0 Å². The van der Waals surface area contributed by atoms with Gasteiger partial charge in [-0.15, -0.1) is 0 Å². The number of aliphatic carboxylic acids is 1. The lowest BCUT2D eigenvalue weighted by atomic mass is 9.70. The number of hydrogen-bond donors (Lipinski definition) is 2. The zero-order chi connectivity index (χ0) is 12.6. The van der Waals surface area contributed by atoms with Crippen molar-refractivity contribution in [2.75, 3.05) is 5.32 Å². The second kappa shape index (κ2) is 3.87. The van der Waals surface area contributed by atoms with E-state index in [-0.39, 0.29) is 12.3 Å². The average Bonchev–Trinajstić information content (AvgIpc) is 2.27. The first kappa shape index (κ1) is 11.6. The Labute approximate surface area is 99.6 Å². The SMILES string of the molecule is CC(C)C1(C(=O)O)Cc2ccccc2NC1=O. The van der Waals surface area contributed by atoms with Gasteiger partial charge in [-0.1, -0.05) is 32.0 Å². The summed E-state index contributed by atoms with van der Waals surface area (Å²) in [5.41, 5.74) is 0.243. The molecule has 0 spiro atoms. The van der Waals surface area contributed by atoms with Crippen LogP contribution in [0.5, 0.6) is 0 Å². The topological polar surface area (TPSA) is 66.4 Å². The molecule has 17 heavy (non-hydrogen) atoms. The maximum absolute atomic E-state index is 12.1. The second-order valence-electron chi connectivity index (χ2n) is 4.72. The normalized spacial score (nSPS) is 23.1. The number of carboxylic acid groups (broad SMARTS) is 1. The lowest BCUT2D eigenvalue weighted by Gasteiger charge is -2.36. The largest absolute Gasteiger partial charge is 0.480 e. The number of carbonyl (C=O) groups is 2. The van der Waals surface area contributed by atoms with E-state index in [4.69, 9.17) is 0 Å². The van der Waals surface area contributed by atoms with E-state index in [1.165, 1.54) is 0 Å². The Balaban J connectivity index is 2.52. The number of carbonyl (C=O) groups excluding carboxylic acids is 1. The third-order valence-electron chi connectivity index (χ3n) is 3.51. The minimum absolute atomic E-state index is 0.252. The van der Waals surface area contributed by atoms with E-state index in [2.05, 4.69) is 5.32 Å². The molecule has 0 saturated carbocycles. The minimum Gasteiger partial charge on any atom is -0.480 e. The van der Waals surface area contributed by atoms with Gasteiger partial charge in [-0.25, -0.2) is 0 Å². The Hall–Kier alpha value is -1.84. The third-order valence-corrected chi connectivity index (χ3v) is 3.51. The summed E-state index contributed by atoms with van der Waals surface area (Å²) in [5.74, 6) is -1.73. The Morgan fingerprint density at radius 2 is 2.06 bits per heavy atom. The van der Waals surface area contributed by atoms with Crippen LogP contribution in [0.15, 0.2) is 24.3 Å². The van der Waals surface area contributed by atoms with E-state index in [1.807, 2.05) is 18.2 Å². The van der Waals surface area contributed by atoms with Crippen LogP contribution in [-0.2, 0) is 16.0 Å². The average molecular weight is 233 g/mol. The third kappa shape index (κ3) is 1.60. The molecular formula is C13H15NO3. The predicted octanol–water partition coefficient (Wildman–Crippen LogP) is 1.91. The van der Waals surface area contributed by atoms with Crippen molar-refractivity contribution in [2.45, 2.75) is 20.3 Å². The number of nitrogens with one attached hydrogen (secondary N) is 1. The van der Waals surface area contributed by atoms with Crippen LogP contribution < -0.4 is 5.32 Å². The summed E-state index contributed by atoms with van der Waals surface area (Å²) in [6.45, 7) is 3.53. The quantitative estimate of drug-likeness (QED) is 0.767. The monoisotopic (exact) mass is 233 g/mol. The minimum atomic E-state index is -1.35. The first-order valence-corrected chi connectivity index (χ1v) is 5.61. The van der Waals surface area contributed by atoms with Crippen molar-refractivity contribution in [3.8, 4) is 0 Å². The molecule has 0 radical (unpaired) electrons. The fourth-order valence-electron chi connectivity index (χ4n) is 2.30. The molecule has 0 fully saturated rings. The van der Waals surface area contributed by atoms with Gasteiger partial charge in [-0.2, -0.15) is 0 Å². The molecular weight excluding hydrogens is 218 g/mol. The molecule has 1 aromatic carbocycles. The maximum atomic E-state index is 12.1. The first-order valence-electron chi connectivity index (χ1n) is 5.61. The molecule has 0 aliphatic carbocycles. The van der Waals surface area contributed by atoms with Crippen LogP contribution in [-0.4, -0.2) is 17.0 Å². The maximum Gasteiger partial charge on any atom is 0.319 e. The van der Waals surface area contributed by atoms with Crippen molar-refractivity contribution < 1.29 is 14.7 Å². The number of benzene rings is 1. The molecule has 0 aromatic heterocycles. The van der Waals surface area contributed by atoms with Crippen LogP contribution in [0.1, 0.15) is 19.4 Å². The lowest BCUT2D eigenvalue weighted by molar-refractivity contribution is -0.157. The highest BCUT2D eigenvalue weighted by Gasteiger charge is 2.51. The lowest BCUT2D eigenvalue weighted by Crippen LogP contribution is -2.51. The molecule has 1 aliphatic rings. The van der Waals surface area contributed by atoms with Gasteiger partial charge in [0.05, 0.1) is 0 Å². The summed E-state index contributed by atoms with van der Waals surface area (Å²) < 4.78 is 0. The molecule has 2 rings (SSSR count). The molecule has 1 aliphatic heterocycles. The smallest absolute Gasteiger partial charge is 0.319 e. The molecule has 90 valence electrons. The molecule has 1 aromatic rings. The standard InChI is InChI=1S/C13H15NO3/c1-8(2)13(12(16)17)7-9-5-3-4-6-10(9)14-11(13)15/h3-6,8H,7H2,1-2H3,(H,14,15)(H,16,17). The van der Waals surface area contributed by atoms with Gasteiger partial charge < -0.3 is 10.4 Å². The Kier molecular flexibility index (Phi) is 2.65. The zero-order valence-corrected chi connectivity index (χ0v) is 9.86. The van der Waals surface area contributed by atoms with E-state index >= 15 is 0 Å². The molecule has 1 unspecified atom stereocenters. The van der Waals surface area contributed by atoms with Gasteiger partial charge in [0, 0.05) is 5.69 Å². The predicted molar refractivity (Wildman–Crippen MR) is 63.7 cm³/mol. The van der Waals surface area contributed by atoms with Gasteiger partial charge in [0.1, 0.15) is 0 Å². The summed E-state index contributed by atoms with van der Waals surface area (Å²) in [6, 6.07) is 7.32. The highest BCUT2D eigenvalue weighted by molar-refractivity contribution is 6.10. The van der Waals surface area contributed by atoms with Gasteiger partial charge in [-0.05, 0) is 24.0 Å². The van der Waals surface area contributed by atoms with Crippen LogP contribution in [0.2, 0.25) is 0 Å². The van der Waals surface area contributed by atoms with Crippen LogP contribution in [0.25, 0.3) is 0 Å². The number of fused-ring (bicyclic) bond motifs is 1. The van der Waals surface area contributed by atoms with Crippen molar-refractivity contribution in [3.05, 3.63) is 29.8 Å². The van der Waals surface area contributed by atoms with Crippen molar-refractivity contribution in [2.24, 2.45) is 11.3 Å². The number of para-hydroxylation sites is 1. The summed E-state index contributed by atoms with van der Waals surface area (Å²) in [4.78, 5) is 23.5. The van der Waals surface area contributed by atoms with Gasteiger partial charge in [-0.3, -0.25) is 9.59 Å². The van der Waals surface area contributed by atoms with Crippen molar-refractivity contribution >= 4 is 17.6 Å². The van der Waals surface area contributed by atoms with Crippen molar-refractivity contribution in [1.82, 2.24) is 0 Å². The van der Waals surface area contributed by atoms with Crippen LogP contribution in [0.3, 0.4) is 0 Å². The van der Waals surface area contributed by atoms with Crippen LogP contribution in [0, 0.1) is 11.3 Å². The molecule has 0 saturated heterocycles. The van der Waals surface area contributed by atoms with E-state index in [1.54, 1.807) is 19.9 Å². The van der Waals surface area contributed by atoms with Gasteiger partial charge in [0.2, 0.25) is 5.91 Å². The van der Waals surface area contributed by atoms with Gasteiger partial charge in [0.15, 0.2) is 5.41 Å². The number of carboxylic acids is 1. The highest BCUT2D eigenvalue weighted by Crippen LogP contribution is 2.39. The Bertz CT molecular complexity index is 481.